The number of para-hydroxylation sites is 2. The minimum atomic E-state index is -3.65. The fourth-order valence-corrected chi connectivity index (χ4v) is 4.54. The Bertz CT molecular complexity index is 988. The van der Waals surface area contributed by atoms with Crippen molar-refractivity contribution in [2.24, 2.45) is 0 Å². The van der Waals surface area contributed by atoms with E-state index in [1.54, 1.807) is 49.1 Å². The zero-order valence-corrected chi connectivity index (χ0v) is 19.5. The van der Waals surface area contributed by atoms with Gasteiger partial charge >= 0.3 is 0 Å². The van der Waals surface area contributed by atoms with Crippen molar-refractivity contribution in [2.75, 3.05) is 50.6 Å². The van der Waals surface area contributed by atoms with Crippen molar-refractivity contribution in [2.45, 2.75) is 25.7 Å². The van der Waals surface area contributed by atoms with Gasteiger partial charge in [0.25, 0.3) is 5.91 Å². The zero-order chi connectivity index (χ0) is 23.0. The molecule has 0 spiro atoms. The van der Waals surface area contributed by atoms with Crippen molar-refractivity contribution in [1.29, 1.82) is 0 Å². The third-order valence-corrected chi connectivity index (χ3v) is 6.62. The van der Waals surface area contributed by atoms with Crippen LogP contribution in [0.2, 0.25) is 0 Å². The van der Waals surface area contributed by atoms with E-state index in [0.717, 1.165) is 0 Å². The number of nitrogens with one attached hydrogen (secondary N) is 1. The summed E-state index contributed by atoms with van der Waals surface area (Å²) >= 11 is 0. The second-order valence-electron chi connectivity index (χ2n) is 6.88. The summed E-state index contributed by atoms with van der Waals surface area (Å²) in [7, 11) is -0.0177. The highest BCUT2D eigenvalue weighted by Gasteiger charge is 2.23. The van der Waals surface area contributed by atoms with E-state index in [9.17, 15) is 13.2 Å². The topological polar surface area (TPSA) is 88.2 Å². The maximum Gasteiger partial charge on any atom is 0.262 e. The number of sulfonamides is 1. The van der Waals surface area contributed by atoms with Gasteiger partial charge in [-0.25, -0.2) is 8.42 Å². The molecule has 0 radical (unpaired) electrons. The second-order valence-corrected chi connectivity index (χ2v) is 8.82. The van der Waals surface area contributed by atoms with Crippen LogP contribution in [0.5, 0.6) is 11.5 Å². The third kappa shape index (κ3) is 6.11. The SMILES string of the molecule is CCOc1ccccc1OCC(=O)Nc1cc(S(=O)(=O)N(CC)CC)ccc1N(C)C. The number of hydrogen-bond acceptors (Lipinski definition) is 6. The molecule has 2 aromatic carbocycles. The fourth-order valence-electron chi connectivity index (χ4n) is 3.05. The van der Waals surface area contributed by atoms with Crippen LogP contribution in [-0.4, -0.2) is 59.0 Å². The lowest BCUT2D eigenvalue weighted by Gasteiger charge is -2.22. The van der Waals surface area contributed by atoms with Crippen LogP contribution < -0.4 is 19.7 Å². The molecule has 0 bridgehead atoms. The number of ether oxygens (including phenoxy) is 2. The van der Waals surface area contributed by atoms with E-state index >= 15 is 0 Å². The molecule has 0 aliphatic heterocycles. The number of benzene rings is 2. The van der Waals surface area contributed by atoms with Gasteiger partial charge in [-0.1, -0.05) is 26.0 Å². The summed E-state index contributed by atoms with van der Waals surface area (Å²) in [6.45, 7) is 6.40. The smallest absolute Gasteiger partial charge is 0.262 e. The van der Waals surface area contributed by atoms with E-state index in [1.165, 1.54) is 10.4 Å². The Morgan fingerprint density at radius 1 is 0.968 bits per heavy atom. The van der Waals surface area contributed by atoms with Crippen molar-refractivity contribution >= 4 is 27.3 Å². The lowest BCUT2D eigenvalue weighted by Crippen LogP contribution is -2.31. The Balaban J connectivity index is 2.24. The Morgan fingerprint density at radius 3 is 2.13 bits per heavy atom. The number of rotatable bonds is 11. The molecule has 1 amide bonds. The molecule has 9 heteroatoms. The summed E-state index contributed by atoms with van der Waals surface area (Å²) in [4.78, 5) is 14.5. The van der Waals surface area contributed by atoms with Crippen LogP contribution in [-0.2, 0) is 14.8 Å². The molecule has 2 aromatic rings. The molecular weight excluding hydrogens is 418 g/mol. The van der Waals surface area contributed by atoms with Gasteiger partial charge in [-0.2, -0.15) is 4.31 Å². The lowest BCUT2D eigenvalue weighted by molar-refractivity contribution is -0.118. The van der Waals surface area contributed by atoms with E-state index in [-0.39, 0.29) is 11.5 Å². The van der Waals surface area contributed by atoms with Crippen LogP contribution >= 0.6 is 0 Å². The number of nitrogens with zero attached hydrogens (tertiary/aromatic N) is 2. The molecule has 2 rings (SSSR count). The van der Waals surface area contributed by atoms with Gasteiger partial charge in [0.05, 0.1) is 22.9 Å². The summed E-state index contributed by atoms with van der Waals surface area (Å²) in [6.07, 6.45) is 0. The molecule has 31 heavy (non-hydrogen) atoms. The summed E-state index contributed by atoms with van der Waals surface area (Å²) in [5.41, 5.74) is 1.08. The molecule has 0 aromatic heterocycles. The molecule has 0 fully saturated rings. The van der Waals surface area contributed by atoms with E-state index in [2.05, 4.69) is 5.32 Å². The summed E-state index contributed by atoms with van der Waals surface area (Å²) in [5, 5.41) is 2.77. The van der Waals surface area contributed by atoms with E-state index in [0.29, 0.717) is 42.6 Å². The van der Waals surface area contributed by atoms with Crippen LogP contribution in [0.25, 0.3) is 0 Å². The van der Waals surface area contributed by atoms with Crippen LogP contribution in [0.3, 0.4) is 0 Å². The molecule has 0 aliphatic rings. The highest BCUT2D eigenvalue weighted by Crippen LogP contribution is 2.30. The number of hydrogen-bond donors (Lipinski definition) is 1. The Labute approximate surface area is 184 Å². The average Bonchev–Trinajstić information content (AvgIpc) is 2.73. The van der Waals surface area contributed by atoms with Crippen LogP contribution in [0, 0.1) is 0 Å². The van der Waals surface area contributed by atoms with Crippen molar-refractivity contribution in [3.05, 3.63) is 42.5 Å². The van der Waals surface area contributed by atoms with Crippen molar-refractivity contribution in [3.63, 3.8) is 0 Å². The van der Waals surface area contributed by atoms with Gasteiger partial charge < -0.3 is 19.7 Å². The normalized spacial score (nSPS) is 11.3. The monoisotopic (exact) mass is 449 g/mol. The highest BCUT2D eigenvalue weighted by atomic mass is 32.2. The number of carbonyl (C=O) groups is 1. The second kappa shape index (κ2) is 11.0. The average molecular weight is 450 g/mol. The molecule has 0 aliphatic carbocycles. The molecular formula is C22H31N3O5S. The molecule has 0 saturated carbocycles. The third-order valence-electron chi connectivity index (χ3n) is 4.57. The standard InChI is InChI=1S/C22H31N3O5S/c1-6-25(7-2)31(27,28)17-13-14-19(24(4)5)18(15-17)23-22(26)16-30-21-12-10-9-11-20(21)29-8-3/h9-15H,6-8,16H2,1-5H3,(H,23,26). The summed E-state index contributed by atoms with van der Waals surface area (Å²) in [5.74, 6) is 0.607. The molecule has 0 atom stereocenters. The summed E-state index contributed by atoms with van der Waals surface area (Å²) in [6, 6.07) is 11.8. The van der Waals surface area contributed by atoms with Crippen LogP contribution in [0.15, 0.2) is 47.4 Å². The van der Waals surface area contributed by atoms with Crippen LogP contribution in [0.1, 0.15) is 20.8 Å². The quantitative estimate of drug-likeness (QED) is 0.567. The van der Waals surface area contributed by atoms with Gasteiger partial charge in [0.15, 0.2) is 18.1 Å². The minimum Gasteiger partial charge on any atom is -0.490 e. The first-order valence-corrected chi connectivity index (χ1v) is 11.6. The van der Waals surface area contributed by atoms with Crippen molar-refractivity contribution in [1.82, 2.24) is 4.31 Å². The summed E-state index contributed by atoms with van der Waals surface area (Å²) < 4.78 is 38.3. The first-order chi connectivity index (χ1) is 14.7. The van der Waals surface area contributed by atoms with E-state index in [4.69, 9.17) is 9.47 Å². The Hall–Kier alpha value is -2.78. The largest absolute Gasteiger partial charge is 0.490 e. The van der Waals surface area contributed by atoms with Gasteiger partial charge in [-0.15, -0.1) is 0 Å². The predicted molar refractivity (Wildman–Crippen MR) is 123 cm³/mol. The maximum absolute atomic E-state index is 12.9. The molecule has 1 N–H and O–H groups in total. The van der Waals surface area contributed by atoms with Crippen molar-refractivity contribution < 1.29 is 22.7 Å². The van der Waals surface area contributed by atoms with Gasteiger partial charge in [-0.3, -0.25) is 4.79 Å². The van der Waals surface area contributed by atoms with Gasteiger partial charge in [-0.05, 0) is 37.3 Å². The molecule has 8 nitrogen and oxygen atoms in total. The van der Waals surface area contributed by atoms with Gasteiger partial charge in [0.1, 0.15) is 0 Å². The number of carbonyl (C=O) groups excluding carboxylic acids is 1. The Kier molecular flexibility index (Phi) is 8.70. The predicted octanol–water partition coefficient (Wildman–Crippen LogP) is 3.20. The van der Waals surface area contributed by atoms with E-state index in [1.807, 2.05) is 27.1 Å². The van der Waals surface area contributed by atoms with Crippen LogP contribution in [0.4, 0.5) is 11.4 Å². The zero-order valence-electron chi connectivity index (χ0n) is 18.7. The molecule has 0 saturated heterocycles. The first kappa shape index (κ1) is 24.5. The van der Waals surface area contributed by atoms with E-state index < -0.39 is 15.9 Å². The number of anilines is 2. The highest BCUT2D eigenvalue weighted by molar-refractivity contribution is 7.89. The lowest BCUT2D eigenvalue weighted by atomic mass is 10.2. The molecule has 0 heterocycles. The minimum absolute atomic E-state index is 0.125. The Morgan fingerprint density at radius 2 is 1.58 bits per heavy atom. The maximum atomic E-state index is 12.9. The number of amides is 1. The fraction of sp³-hybridized carbons (Fsp3) is 0.409. The van der Waals surface area contributed by atoms with Crippen molar-refractivity contribution in [3.8, 4) is 11.5 Å². The van der Waals surface area contributed by atoms with Gasteiger partial charge in [0.2, 0.25) is 10.0 Å². The molecule has 0 unspecified atom stereocenters. The first-order valence-electron chi connectivity index (χ1n) is 10.2. The van der Waals surface area contributed by atoms with Gasteiger partial charge in [0, 0.05) is 27.2 Å². The molecule has 170 valence electrons.